The number of nitrogens with zero attached hydrogens (tertiary/aromatic N) is 5. The van der Waals surface area contributed by atoms with Gasteiger partial charge in [-0.3, -0.25) is 14.9 Å². The first-order valence-corrected chi connectivity index (χ1v) is 9.47. The summed E-state index contributed by atoms with van der Waals surface area (Å²) in [6.45, 7) is 1.63. The van der Waals surface area contributed by atoms with E-state index in [1.165, 1.54) is 22.7 Å². The van der Waals surface area contributed by atoms with Crippen molar-refractivity contribution in [2.45, 2.75) is 11.8 Å². The summed E-state index contributed by atoms with van der Waals surface area (Å²) in [6, 6.07) is 6.38. The van der Waals surface area contributed by atoms with Crippen molar-refractivity contribution < 1.29 is 18.1 Å². The largest absolute Gasteiger partial charge is 0.348 e. The Morgan fingerprint density at radius 2 is 2.07 bits per heavy atom. The number of nitrogens with one attached hydrogen (secondary N) is 2. The van der Waals surface area contributed by atoms with Gasteiger partial charge in [-0.1, -0.05) is 6.07 Å². The molecule has 0 saturated carbocycles. The minimum Gasteiger partial charge on any atom is -0.348 e. The third kappa shape index (κ3) is 4.10. The molecule has 1 aromatic carbocycles. The quantitative estimate of drug-likeness (QED) is 0.316. The van der Waals surface area contributed by atoms with E-state index >= 15 is 0 Å². The smallest absolute Gasteiger partial charge is 0.291 e. The number of nitro groups is 1. The molecule has 0 bridgehead atoms. The number of sulfonamides is 1. The van der Waals surface area contributed by atoms with Gasteiger partial charge in [0.15, 0.2) is 0 Å². The minimum atomic E-state index is -3.96. The van der Waals surface area contributed by atoms with Gasteiger partial charge >= 0.3 is 0 Å². The van der Waals surface area contributed by atoms with Crippen LogP contribution in [0.5, 0.6) is 0 Å². The van der Waals surface area contributed by atoms with Crippen LogP contribution in [0.15, 0.2) is 41.4 Å². The lowest BCUT2D eigenvalue weighted by atomic mass is 10.3. The first kappa shape index (κ1) is 19.3. The van der Waals surface area contributed by atoms with Crippen molar-refractivity contribution in [2.24, 2.45) is 0 Å². The Morgan fingerprint density at radius 3 is 2.79 bits per heavy atom. The number of benzene rings is 1. The Balaban J connectivity index is 1.58. The highest BCUT2D eigenvalue weighted by atomic mass is 32.2. The molecule has 0 unspecified atom stereocenters. The van der Waals surface area contributed by atoms with Crippen molar-refractivity contribution in [3.63, 3.8) is 0 Å². The summed E-state index contributed by atoms with van der Waals surface area (Å²) >= 11 is 0. The van der Waals surface area contributed by atoms with E-state index in [-0.39, 0.29) is 35.3 Å². The van der Waals surface area contributed by atoms with Gasteiger partial charge in [-0.15, -0.1) is 5.10 Å². The van der Waals surface area contributed by atoms with Crippen LogP contribution in [-0.2, 0) is 10.0 Å². The Hall–Kier alpha value is -3.45. The van der Waals surface area contributed by atoms with Gasteiger partial charge in [-0.2, -0.15) is 4.98 Å². The number of hydrogen-bond acceptors (Lipinski definition) is 8. The SMILES string of the molecule is Cc1ccnc2nc(C(=O)NCCNS(=O)(=O)c3cccc([N+](=O)[O-])c3)nn12. The fourth-order valence-corrected chi connectivity index (χ4v) is 3.36. The van der Waals surface area contributed by atoms with E-state index in [9.17, 15) is 23.3 Å². The summed E-state index contributed by atoms with van der Waals surface area (Å²) in [5, 5.41) is 17.3. The number of amides is 1. The van der Waals surface area contributed by atoms with Crippen molar-refractivity contribution in [2.75, 3.05) is 13.1 Å². The second-order valence-corrected chi connectivity index (χ2v) is 7.41. The number of rotatable bonds is 7. The number of aromatic nitrogens is 4. The van der Waals surface area contributed by atoms with E-state index < -0.39 is 20.9 Å². The van der Waals surface area contributed by atoms with Crippen molar-refractivity contribution >= 4 is 27.4 Å². The Kier molecular flexibility index (Phi) is 5.28. The molecular weight excluding hydrogens is 390 g/mol. The molecule has 2 heterocycles. The van der Waals surface area contributed by atoms with Crippen LogP contribution >= 0.6 is 0 Å². The Morgan fingerprint density at radius 1 is 1.29 bits per heavy atom. The minimum absolute atomic E-state index is 0.0328. The lowest BCUT2D eigenvalue weighted by molar-refractivity contribution is -0.385. The van der Waals surface area contributed by atoms with Crippen LogP contribution in [0.2, 0.25) is 0 Å². The van der Waals surface area contributed by atoms with E-state index in [1.54, 1.807) is 19.2 Å². The molecule has 2 N–H and O–H groups in total. The molecular formula is C15H15N7O5S. The van der Waals surface area contributed by atoms with E-state index in [4.69, 9.17) is 0 Å². The summed E-state index contributed by atoms with van der Waals surface area (Å²) in [5.41, 5.74) is 0.416. The number of carbonyl (C=O) groups excluding carboxylic acids is 1. The van der Waals surface area contributed by atoms with Gasteiger partial charge in [0.1, 0.15) is 0 Å². The van der Waals surface area contributed by atoms with Crippen LogP contribution in [0.25, 0.3) is 5.78 Å². The molecule has 12 nitrogen and oxygen atoms in total. The Labute approximate surface area is 158 Å². The van der Waals surface area contributed by atoms with Crippen molar-refractivity contribution in [3.8, 4) is 0 Å². The van der Waals surface area contributed by atoms with Gasteiger partial charge in [0.25, 0.3) is 17.4 Å². The molecule has 3 rings (SSSR count). The van der Waals surface area contributed by atoms with Crippen LogP contribution in [0.4, 0.5) is 5.69 Å². The highest BCUT2D eigenvalue weighted by Gasteiger charge is 2.18. The van der Waals surface area contributed by atoms with Crippen LogP contribution < -0.4 is 10.0 Å². The zero-order valence-electron chi connectivity index (χ0n) is 14.6. The lowest BCUT2D eigenvalue weighted by Gasteiger charge is -2.07. The highest BCUT2D eigenvalue weighted by Crippen LogP contribution is 2.16. The van der Waals surface area contributed by atoms with Crippen LogP contribution in [-0.4, -0.2) is 51.9 Å². The molecule has 0 spiro atoms. The molecule has 0 aliphatic carbocycles. The van der Waals surface area contributed by atoms with E-state index in [0.717, 1.165) is 11.8 Å². The summed E-state index contributed by atoms with van der Waals surface area (Å²) in [6.07, 6.45) is 1.55. The summed E-state index contributed by atoms with van der Waals surface area (Å²) in [5.74, 6) is -0.403. The summed E-state index contributed by atoms with van der Waals surface area (Å²) < 4.78 is 28.1. The van der Waals surface area contributed by atoms with Crippen molar-refractivity contribution in [3.05, 3.63) is 58.2 Å². The predicted molar refractivity (Wildman–Crippen MR) is 96.1 cm³/mol. The summed E-state index contributed by atoms with van der Waals surface area (Å²) in [4.78, 5) is 29.9. The number of nitro benzene ring substituents is 1. The van der Waals surface area contributed by atoms with Crippen LogP contribution in [0.1, 0.15) is 16.3 Å². The molecule has 0 radical (unpaired) electrons. The average molecular weight is 405 g/mol. The molecule has 0 fully saturated rings. The molecule has 3 aromatic rings. The second kappa shape index (κ2) is 7.66. The van der Waals surface area contributed by atoms with E-state index in [1.807, 2.05) is 0 Å². The fraction of sp³-hybridized carbons (Fsp3) is 0.200. The van der Waals surface area contributed by atoms with E-state index in [2.05, 4.69) is 25.1 Å². The molecule has 13 heteroatoms. The maximum absolute atomic E-state index is 12.2. The zero-order chi connectivity index (χ0) is 20.3. The molecule has 1 amide bonds. The number of non-ortho nitro benzene ring substituents is 1. The van der Waals surface area contributed by atoms with Gasteiger partial charge in [-0.05, 0) is 19.1 Å². The van der Waals surface area contributed by atoms with Gasteiger partial charge < -0.3 is 5.32 Å². The number of hydrogen-bond donors (Lipinski definition) is 2. The maximum Gasteiger partial charge on any atom is 0.291 e. The first-order chi connectivity index (χ1) is 13.3. The van der Waals surface area contributed by atoms with Gasteiger partial charge in [0.2, 0.25) is 15.8 Å². The van der Waals surface area contributed by atoms with Crippen molar-refractivity contribution in [1.29, 1.82) is 0 Å². The molecule has 0 saturated heterocycles. The fourth-order valence-electron chi connectivity index (χ4n) is 2.29. The number of carbonyl (C=O) groups is 1. The van der Waals surface area contributed by atoms with Gasteiger partial charge in [0.05, 0.1) is 9.82 Å². The predicted octanol–water partition coefficient (Wildman–Crippen LogP) is 0.0492. The van der Waals surface area contributed by atoms with Crippen molar-refractivity contribution in [1.82, 2.24) is 29.6 Å². The molecule has 0 aliphatic heterocycles. The van der Waals surface area contributed by atoms with E-state index in [0.29, 0.717) is 0 Å². The van der Waals surface area contributed by atoms with Crippen LogP contribution in [0, 0.1) is 17.0 Å². The Bertz CT molecular complexity index is 1160. The second-order valence-electron chi connectivity index (χ2n) is 5.64. The maximum atomic E-state index is 12.2. The molecule has 0 atom stereocenters. The zero-order valence-corrected chi connectivity index (χ0v) is 15.4. The summed E-state index contributed by atoms with van der Waals surface area (Å²) in [7, 11) is -3.96. The molecule has 146 valence electrons. The molecule has 0 aliphatic rings. The third-order valence-electron chi connectivity index (χ3n) is 3.67. The lowest BCUT2D eigenvalue weighted by Crippen LogP contribution is -2.35. The van der Waals surface area contributed by atoms with Crippen LogP contribution in [0.3, 0.4) is 0 Å². The molecule has 2 aromatic heterocycles. The topological polar surface area (TPSA) is 161 Å². The highest BCUT2D eigenvalue weighted by molar-refractivity contribution is 7.89. The third-order valence-corrected chi connectivity index (χ3v) is 5.13. The first-order valence-electron chi connectivity index (χ1n) is 7.98. The monoisotopic (exact) mass is 405 g/mol. The standard InChI is InChI=1S/C15H15N7O5S/c1-10-5-6-17-15-19-13(20-21(10)15)14(23)16-7-8-18-28(26,27)12-4-2-3-11(9-12)22(24)25/h2-6,9,18H,7-8H2,1H3,(H,16,23). The normalized spacial score (nSPS) is 11.5. The number of aryl methyl sites for hydroxylation is 1. The molecule has 28 heavy (non-hydrogen) atoms. The van der Waals surface area contributed by atoms with Gasteiger partial charge in [0, 0.05) is 37.1 Å². The average Bonchev–Trinajstić information content (AvgIpc) is 3.11. The number of fused-ring (bicyclic) bond motifs is 1. The van der Waals surface area contributed by atoms with Gasteiger partial charge in [-0.25, -0.2) is 22.6 Å².